The van der Waals surface area contributed by atoms with Crippen molar-refractivity contribution in [3.8, 4) is 22.5 Å². The number of nitrogens with zero attached hydrogens (tertiary/aromatic N) is 2. The molecule has 0 aliphatic rings. The molecule has 192 valence electrons. The number of furan rings is 1. The number of benzene rings is 6. The first-order valence-corrected chi connectivity index (χ1v) is 14.0. The van der Waals surface area contributed by atoms with E-state index in [9.17, 15) is 0 Å². The van der Waals surface area contributed by atoms with E-state index in [0.717, 1.165) is 39.0 Å². The van der Waals surface area contributed by atoms with E-state index in [2.05, 4.69) is 137 Å². The van der Waals surface area contributed by atoms with Gasteiger partial charge in [0.2, 0.25) is 5.71 Å². The van der Waals surface area contributed by atoms with Gasteiger partial charge in [0.1, 0.15) is 5.58 Å². The van der Waals surface area contributed by atoms with Crippen molar-refractivity contribution in [2.24, 2.45) is 0 Å². The SMILES string of the molecule is c1ccc(-n2c3ccc(-c4ccc(-n5c6ccccc6c6ccccc65)cc4)cc3c3c4ccccc4oc32)cc1. The average molecular weight is 525 g/mol. The van der Waals surface area contributed by atoms with Gasteiger partial charge in [-0.3, -0.25) is 4.57 Å². The van der Waals surface area contributed by atoms with Crippen LogP contribution in [0.4, 0.5) is 0 Å². The quantitative estimate of drug-likeness (QED) is 0.225. The number of hydrogen-bond acceptors (Lipinski definition) is 1. The Kier molecular flexibility index (Phi) is 4.61. The molecule has 0 bridgehead atoms. The molecule has 0 saturated carbocycles. The molecule has 0 N–H and O–H groups in total. The zero-order valence-electron chi connectivity index (χ0n) is 22.2. The molecular weight excluding hydrogens is 500 g/mol. The van der Waals surface area contributed by atoms with Crippen LogP contribution in [0.5, 0.6) is 0 Å². The lowest BCUT2D eigenvalue weighted by molar-refractivity contribution is 0.645. The molecule has 0 aliphatic carbocycles. The van der Waals surface area contributed by atoms with Crippen LogP contribution in [-0.4, -0.2) is 9.13 Å². The maximum absolute atomic E-state index is 6.46. The summed E-state index contributed by atoms with van der Waals surface area (Å²) in [5, 5.41) is 6.04. The lowest BCUT2D eigenvalue weighted by atomic mass is 10.0. The van der Waals surface area contributed by atoms with Crippen LogP contribution in [0.15, 0.2) is 150 Å². The predicted octanol–water partition coefficient (Wildman–Crippen LogP) is 10.3. The minimum Gasteiger partial charge on any atom is -0.439 e. The zero-order chi connectivity index (χ0) is 26.9. The predicted molar refractivity (Wildman–Crippen MR) is 170 cm³/mol. The summed E-state index contributed by atoms with van der Waals surface area (Å²) in [6.07, 6.45) is 0. The fourth-order valence-electron chi connectivity index (χ4n) is 6.51. The monoisotopic (exact) mass is 524 g/mol. The number of fused-ring (bicyclic) bond motifs is 8. The number of hydrogen-bond donors (Lipinski definition) is 0. The molecule has 3 aromatic heterocycles. The van der Waals surface area contributed by atoms with Crippen LogP contribution < -0.4 is 0 Å². The van der Waals surface area contributed by atoms with Gasteiger partial charge >= 0.3 is 0 Å². The molecule has 0 aliphatic heterocycles. The third kappa shape index (κ3) is 3.20. The zero-order valence-corrected chi connectivity index (χ0v) is 22.2. The van der Waals surface area contributed by atoms with Crippen LogP contribution in [0, 0.1) is 0 Å². The van der Waals surface area contributed by atoms with Crippen molar-refractivity contribution in [2.75, 3.05) is 0 Å². The van der Waals surface area contributed by atoms with Crippen LogP contribution >= 0.6 is 0 Å². The van der Waals surface area contributed by atoms with Gasteiger partial charge in [-0.15, -0.1) is 0 Å². The van der Waals surface area contributed by atoms with Gasteiger partial charge in [-0.1, -0.05) is 91.0 Å². The molecule has 0 atom stereocenters. The summed E-state index contributed by atoms with van der Waals surface area (Å²) in [5.41, 5.74) is 9.99. The smallest absolute Gasteiger partial charge is 0.213 e. The van der Waals surface area contributed by atoms with Gasteiger partial charge in [0, 0.05) is 32.9 Å². The third-order valence-electron chi connectivity index (χ3n) is 8.34. The largest absolute Gasteiger partial charge is 0.439 e. The van der Waals surface area contributed by atoms with E-state index in [1.807, 2.05) is 18.2 Å². The maximum atomic E-state index is 6.46. The van der Waals surface area contributed by atoms with Crippen molar-refractivity contribution in [1.82, 2.24) is 9.13 Å². The molecule has 3 heterocycles. The molecule has 6 aromatic carbocycles. The van der Waals surface area contributed by atoms with E-state index in [4.69, 9.17) is 4.42 Å². The Labute approximate surface area is 236 Å². The lowest BCUT2D eigenvalue weighted by Crippen LogP contribution is -1.94. The highest BCUT2D eigenvalue weighted by Gasteiger charge is 2.20. The molecule has 0 fully saturated rings. The Balaban J connectivity index is 1.23. The summed E-state index contributed by atoms with van der Waals surface area (Å²) in [6.45, 7) is 0. The fraction of sp³-hybridized carbons (Fsp3) is 0. The standard InChI is InChI=1S/C38H24N2O/c1-2-10-27(11-3-1)40-35-23-20-26(24-32(35)37-31-14-6-9-17-36(31)41-38(37)40)25-18-21-28(22-19-25)39-33-15-7-4-12-29(33)30-13-5-8-16-34(30)39/h1-24H. The molecule has 3 heteroatoms. The van der Waals surface area contributed by atoms with Crippen LogP contribution in [0.3, 0.4) is 0 Å². The Bertz CT molecular complexity index is 2350. The molecular formula is C38H24N2O. The first-order valence-electron chi connectivity index (χ1n) is 14.0. The average Bonchev–Trinajstić information content (AvgIpc) is 3.68. The minimum atomic E-state index is 0.881. The van der Waals surface area contributed by atoms with Gasteiger partial charge in [-0.25, -0.2) is 0 Å². The van der Waals surface area contributed by atoms with E-state index < -0.39 is 0 Å². The van der Waals surface area contributed by atoms with E-state index in [1.54, 1.807) is 0 Å². The van der Waals surface area contributed by atoms with Crippen molar-refractivity contribution in [3.63, 3.8) is 0 Å². The number of aromatic nitrogens is 2. The summed E-state index contributed by atoms with van der Waals surface area (Å²) in [7, 11) is 0. The lowest BCUT2D eigenvalue weighted by Gasteiger charge is -2.10. The molecule has 9 aromatic rings. The van der Waals surface area contributed by atoms with Crippen molar-refractivity contribution < 1.29 is 4.42 Å². The Morgan fingerprint density at radius 3 is 1.68 bits per heavy atom. The highest BCUT2D eigenvalue weighted by Crippen LogP contribution is 2.40. The second-order valence-corrected chi connectivity index (χ2v) is 10.6. The summed E-state index contributed by atoms with van der Waals surface area (Å²) < 4.78 is 11.1. The van der Waals surface area contributed by atoms with Gasteiger partial charge in [0.05, 0.1) is 21.9 Å². The highest BCUT2D eigenvalue weighted by atomic mass is 16.3. The first kappa shape index (κ1) is 22.3. The summed E-state index contributed by atoms with van der Waals surface area (Å²) in [6, 6.07) is 51.8. The third-order valence-corrected chi connectivity index (χ3v) is 8.34. The van der Waals surface area contributed by atoms with Crippen molar-refractivity contribution in [2.45, 2.75) is 0 Å². The number of para-hydroxylation sites is 4. The van der Waals surface area contributed by atoms with E-state index in [0.29, 0.717) is 0 Å². The van der Waals surface area contributed by atoms with Crippen LogP contribution in [-0.2, 0) is 0 Å². The molecule has 0 saturated heterocycles. The molecule has 0 spiro atoms. The normalized spacial score (nSPS) is 11.9. The van der Waals surface area contributed by atoms with E-state index in [-0.39, 0.29) is 0 Å². The van der Waals surface area contributed by atoms with Crippen LogP contribution in [0.2, 0.25) is 0 Å². The fourth-order valence-corrected chi connectivity index (χ4v) is 6.51. The molecule has 0 unspecified atom stereocenters. The second-order valence-electron chi connectivity index (χ2n) is 10.6. The number of rotatable bonds is 3. The van der Waals surface area contributed by atoms with Crippen molar-refractivity contribution >= 4 is 54.8 Å². The van der Waals surface area contributed by atoms with Crippen molar-refractivity contribution in [1.29, 1.82) is 0 Å². The maximum Gasteiger partial charge on any atom is 0.213 e. The molecule has 3 nitrogen and oxygen atoms in total. The summed E-state index contributed by atoms with van der Waals surface area (Å²) >= 11 is 0. The van der Waals surface area contributed by atoms with Crippen molar-refractivity contribution in [3.05, 3.63) is 146 Å². The summed E-state index contributed by atoms with van der Waals surface area (Å²) in [4.78, 5) is 0. The Morgan fingerprint density at radius 2 is 0.951 bits per heavy atom. The van der Waals surface area contributed by atoms with Gasteiger partial charge in [-0.05, 0) is 65.7 Å². The second kappa shape index (κ2) is 8.48. The van der Waals surface area contributed by atoms with Crippen LogP contribution in [0.1, 0.15) is 0 Å². The Hall–Kier alpha value is -5.54. The minimum absolute atomic E-state index is 0.881. The van der Waals surface area contributed by atoms with Gasteiger partial charge in [-0.2, -0.15) is 0 Å². The summed E-state index contributed by atoms with van der Waals surface area (Å²) in [5.74, 6) is 0. The van der Waals surface area contributed by atoms with Crippen LogP contribution in [0.25, 0.3) is 77.3 Å². The van der Waals surface area contributed by atoms with Gasteiger partial charge in [0.25, 0.3) is 0 Å². The highest BCUT2D eigenvalue weighted by molar-refractivity contribution is 6.20. The van der Waals surface area contributed by atoms with Gasteiger partial charge in [0.15, 0.2) is 0 Å². The Morgan fingerprint density at radius 1 is 0.390 bits per heavy atom. The first-order chi connectivity index (χ1) is 20.3. The van der Waals surface area contributed by atoms with E-state index >= 15 is 0 Å². The topological polar surface area (TPSA) is 23.0 Å². The molecule has 0 radical (unpaired) electrons. The van der Waals surface area contributed by atoms with E-state index in [1.165, 1.54) is 38.3 Å². The molecule has 0 amide bonds. The molecule has 41 heavy (non-hydrogen) atoms. The molecule has 9 rings (SSSR count). The van der Waals surface area contributed by atoms with Gasteiger partial charge < -0.3 is 8.98 Å².